The summed E-state index contributed by atoms with van der Waals surface area (Å²) in [4.78, 5) is 16.0. The maximum absolute atomic E-state index is 13.9. The van der Waals surface area contributed by atoms with Crippen LogP contribution in [-0.2, 0) is 11.3 Å². The van der Waals surface area contributed by atoms with Gasteiger partial charge in [-0.1, -0.05) is 6.07 Å². The Morgan fingerprint density at radius 2 is 2.00 bits per heavy atom. The number of tetrazole rings is 1. The summed E-state index contributed by atoms with van der Waals surface area (Å²) in [6.07, 6.45) is 1.40. The van der Waals surface area contributed by atoms with Gasteiger partial charge in [0.15, 0.2) is 0 Å². The molecule has 7 nitrogen and oxygen atoms in total. The monoisotopic (exact) mass is 336 g/mol. The smallest absolute Gasteiger partial charge is 0.244 e. The number of carbonyl (C=O) groups excluding carboxylic acids is 1. The van der Waals surface area contributed by atoms with Crippen molar-refractivity contribution in [1.29, 1.82) is 0 Å². The number of amides is 1. The van der Waals surface area contributed by atoms with Crippen LogP contribution in [0, 0.1) is 11.6 Å². The first kappa shape index (κ1) is 16.4. The summed E-state index contributed by atoms with van der Waals surface area (Å²) >= 11 is 0. The van der Waals surface area contributed by atoms with E-state index in [0.29, 0.717) is 31.7 Å². The highest BCUT2D eigenvalue weighted by atomic mass is 19.1. The van der Waals surface area contributed by atoms with Crippen molar-refractivity contribution in [2.24, 2.45) is 0 Å². The van der Waals surface area contributed by atoms with Crippen LogP contribution >= 0.6 is 0 Å². The second-order valence-electron chi connectivity index (χ2n) is 5.77. The van der Waals surface area contributed by atoms with Crippen LogP contribution in [0.15, 0.2) is 24.5 Å². The van der Waals surface area contributed by atoms with Crippen LogP contribution in [0.5, 0.6) is 0 Å². The zero-order chi connectivity index (χ0) is 17.1. The molecule has 1 unspecified atom stereocenters. The lowest BCUT2D eigenvalue weighted by molar-refractivity contribution is -0.134. The van der Waals surface area contributed by atoms with Gasteiger partial charge in [-0.3, -0.25) is 9.69 Å². The van der Waals surface area contributed by atoms with Crippen LogP contribution in [0.25, 0.3) is 0 Å². The van der Waals surface area contributed by atoms with Crippen LogP contribution in [0.3, 0.4) is 0 Å². The van der Waals surface area contributed by atoms with Gasteiger partial charge in [0.25, 0.3) is 0 Å². The fourth-order valence-corrected chi connectivity index (χ4v) is 2.89. The van der Waals surface area contributed by atoms with Crippen LogP contribution < -0.4 is 0 Å². The van der Waals surface area contributed by atoms with Gasteiger partial charge in [-0.2, -0.15) is 0 Å². The molecule has 1 aromatic carbocycles. The van der Waals surface area contributed by atoms with E-state index in [1.807, 2.05) is 6.92 Å². The zero-order valence-electron chi connectivity index (χ0n) is 13.3. The minimum atomic E-state index is -0.582. The molecule has 128 valence electrons. The maximum Gasteiger partial charge on any atom is 0.244 e. The van der Waals surface area contributed by atoms with Crippen molar-refractivity contribution < 1.29 is 13.6 Å². The molecule has 24 heavy (non-hydrogen) atoms. The van der Waals surface area contributed by atoms with Crippen molar-refractivity contribution in [3.63, 3.8) is 0 Å². The second-order valence-corrected chi connectivity index (χ2v) is 5.77. The number of aromatic nitrogens is 4. The first-order chi connectivity index (χ1) is 11.5. The lowest BCUT2D eigenvalue weighted by Gasteiger charge is -2.38. The fourth-order valence-electron chi connectivity index (χ4n) is 2.89. The highest BCUT2D eigenvalue weighted by molar-refractivity contribution is 5.76. The summed E-state index contributed by atoms with van der Waals surface area (Å²) in [5.41, 5.74) is 0.463. The molecule has 1 saturated heterocycles. The number of benzene rings is 1. The molecule has 9 heteroatoms. The summed E-state index contributed by atoms with van der Waals surface area (Å²) in [6.45, 7) is 4.34. The minimum absolute atomic E-state index is 0.0532. The van der Waals surface area contributed by atoms with Crippen molar-refractivity contribution in [3.05, 3.63) is 41.7 Å². The first-order valence-corrected chi connectivity index (χ1v) is 7.72. The Bertz CT molecular complexity index is 700. The van der Waals surface area contributed by atoms with Gasteiger partial charge in [0, 0.05) is 43.9 Å². The van der Waals surface area contributed by atoms with E-state index < -0.39 is 11.6 Å². The highest BCUT2D eigenvalue weighted by Crippen LogP contribution is 2.24. The van der Waals surface area contributed by atoms with Crippen LogP contribution in [-0.4, -0.2) is 62.1 Å². The van der Waals surface area contributed by atoms with E-state index in [9.17, 15) is 13.6 Å². The predicted octanol–water partition coefficient (Wildman–Crippen LogP) is 0.857. The third-order valence-electron chi connectivity index (χ3n) is 4.32. The molecule has 0 aliphatic carbocycles. The third-order valence-corrected chi connectivity index (χ3v) is 4.32. The highest BCUT2D eigenvalue weighted by Gasteiger charge is 2.26. The molecule has 1 amide bonds. The van der Waals surface area contributed by atoms with Crippen molar-refractivity contribution in [2.75, 3.05) is 26.2 Å². The average Bonchev–Trinajstić information content (AvgIpc) is 3.07. The van der Waals surface area contributed by atoms with Crippen molar-refractivity contribution in [3.8, 4) is 0 Å². The molecule has 0 N–H and O–H groups in total. The van der Waals surface area contributed by atoms with Gasteiger partial charge < -0.3 is 4.90 Å². The zero-order valence-corrected chi connectivity index (χ0v) is 13.3. The molecule has 0 spiro atoms. The lowest BCUT2D eigenvalue weighted by atomic mass is 10.1. The van der Waals surface area contributed by atoms with Gasteiger partial charge in [0.2, 0.25) is 5.91 Å². The third kappa shape index (κ3) is 3.56. The molecular weight excluding hydrogens is 318 g/mol. The van der Waals surface area contributed by atoms with Crippen LogP contribution in [0.4, 0.5) is 8.78 Å². The van der Waals surface area contributed by atoms with E-state index in [0.717, 1.165) is 6.07 Å². The SMILES string of the molecule is CC(c1ccc(F)cc1F)N1CCN(C(=O)Cn2cnnn2)CC1. The number of halogens is 2. The van der Waals surface area contributed by atoms with E-state index in [1.54, 1.807) is 4.90 Å². The van der Waals surface area contributed by atoms with Gasteiger partial charge >= 0.3 is 0 Å². The van der Waals surface area contributed by atoms with Gasteiger partial charge in [0.05, 0.1) is 0 Å². The molecule has 2 aromatic rings. The Hall–Kier alpha value is -2.42. The Kier molecular flexibility index (Phi) is 4.79. The Labute approximate surface area is 137 Å². The molecule has 1 aromatic heterocycles. The van der Waals surface area contributed by atoms with E-state index in [2.05, 4.69) is 20.4 Å². The number of piperazine rings is 1. The number of rotatable bonds is 4. The first-order valence-electron chi connectivity index (χ1n) is 7.72. The summed E-state index contributed by atoms with van der Waals surface area (Å²) in [5.74, 6) is -1.18. The van der Waals surface area contributed by atoms with Crippen molar-refractivity contribution in [2.45, 2.75) is 19.5 Å². The molecule has 0 saturated carbocycles. The Morgan fingerprint density at radius 3 is 2.62 bits per heavy atom. The molecule has 0 radical (unpaired) electrons. The molecule has 1 aliphatic heterocycles. The summed E-state index contributed by atoms with van der Waals surface area (Å²) in [5, 5.41) is 10.7. The Balaban J connectivity index is 1.57. The largest absolute Gasteiger partial charge is 0.339 e. The summed E-state index contributed by atoms with van der Waals surface area (Å²) < 4.78 is 28.3. The quantitative estimate of drug-likeness (QED) is 0.828. The molecule has 3 rings (SSSR count). The van der Waals surface area contributed by atoms with Crippen LogP contribution in [0.1, 0.15) is 18.5 Å². The van der Waals surface area contributed by atoms with Gasteiger partial charge in [0.1, 0.15) is 24.5 Å². The minimum Gasteiger partial charge on any atom is -0.339 e. The van der Waals surface area contributed by atoms with Crippen LogP contribution in [0.2, 0.25) is 0 Å². The fraction of sp³-hybridized carbons (Fsp3) is 0.467. The Morgan fingerprint density at radius 1 is 1.25 bits per heavy atom. The van der Waals surface area contributed by atoms with E-state index in [1.165, 1.54) is 23.1 Å². The molecule has 1 fully saturated rings. The van der Waals surface area contributed by atoms with Gasteiger partial charge in [-0.25, -0.2) is 13.5 Å². The molecular formula is C15H18F2N6O. The van der Waals surface area contributed by atoms with E-state index in [-0.39, 0.29) is 18.5 Å². The second kappa shape index (κ2) is 7.00. The number of hydrogen-bond acceptors (Lipinski definition) is 5. The number of carbonyl (C=O) groups is 1. The standard InChI is InChI=1S/C15H18F2N6O/c1-11(13-3-2-12(16)8-14(13)17)21-4-6-22(7-5-21)15(24)9-23-10-18-19-20-23/h2-3,8,10-11H,4-7,9H2,1H3. The molecule has 0 bridgehead atoms. The average molecular weight is 336 g/mol. The topological polar surface area (TPSA) is 67.2 Å². The number of hydrogen-bond donors (Lipinski definition) is 0. The van der Waals surface area contributed by atoms with Crippen molar-refractivity contribution in [1.82, 2.24) is 30.0 Å². The van der Waals surface area contributed by atoms with Gasteiger partial charge in [-0.15, -0.1) is 5.10 Å². The maximum atomic E-state index is 13.9. The normalized spacial score (nSPS) is 17.0. The van der Waals surface area contributed by atoms with Crippen molar-refractivity contribution >= 4 is 5.91 Å². The summed E-state index contributed by atoms with van der Waals surface area (Å²) in [7, 11) is 0. The summed E-state index contributed by atoms with van der Waals surface area (Å²) in [6, 6.07) is 3.46. The van der Waals surface area contributed by atoms with E-state index >= 15 is 0 Å². The molecule has 1 aliphatic rings. The predicted molar refractivity (Wildman–Crippen MR) is 80.7 cm³/mol. The lowest BCUT2D eigenvalue weighted by Crippen LogP contribution is -2.50. The van der Waals surface area contributed by atoms with E-state index in [4.69, 9.17) is 0 Å². The van der Waals surface area contributed by atoms with Gasteiger partial charge in [-0.05, 0) is 23.4 Å². The number of nitrogens with zero attached hydrogens (tertiary/aromatic N) is 6. The molecule has 2 heterocycles. The molecule has 1 atom stereocenters.